The number of nitrogens with two attached hydrogens (primary N) is 1. The van der Waals surface area contributed by atoms with Crippen LogP contribution in [0.2, 0.25) is 0 Å². The molecule has 3 N–H and O–H groups in total. The molecule has 0 unspecified atom stereocenters. The van der Waals surface area contributed by atoms with Gasteiger partial charge in [0.2, 0.25) is 0 Å². The molecule has 0 bridgehead atoms. The summed E-state index contributed by atoms with van der Waals surface area (Å²) in [6.07, 6.45) is 0.667. The first-order chi connectivity index (χ1) is 4.00. The molecular formula is C7H19ClN2. The van der Waals surface area contributed by atoms with Crippen molar-refractivity contribution in [1.29, 1.82) is 5.41 Å². The maximum absolute atomic E-state index is 6.52. The van der Waals surface area contributed by atoms with Gasteiger partial charge in [-0.1, -0.05) is 27.7 Å². The standard InChI is InChI=1S/C4H10.C3H8N2.ClH/c1-4(2)3;1-2-3(4)5;/h4H,1-3H3;2H2,1H3,(H3,4,5);1H. The molecule has 0 aliphatic rings. The van der Waals surface area contributed by atoms with E-state index < -0.39 is 0 Å². The number of rotatable bonds is 1. The Labute approximate surface area is 70.1 Å². The largest absolute Gasteiger partial charge is 0.388 e. The van der Waals surface area contributed by atoms with Gasteiger partial charge in [0.15, 0.2) is 0 Å². The molecule has 0 aliphatic heterocycles. The minimum atomic E-state index is 0. The first-order valence-corrected chi connectivity index (χ1v) is 3.33. The van der Waals surface area contributed by atoms with Gasteiger partial charge in [-0.15, -0.1) is 12.4 Å². The molecule has 0 aromatic carbocycles. The molecule has 0 aliphatic carbocycles. The molecule has 0 fully saturated rings. The van der Waals surface area contributed by atoms with Gasteiger partial charge in [0.05, 0.1) is 5.84 Å². The van der Waals surface area contributed by atoms with Gasteiger partial charge in [0, 0.05) is 6.42 Å². The zero-order valence-corrected chi connectivity index (χ0v) is 8.09. The summed E-state index contributed by atoms with van der Waals surface area (Å²) in [7, 11) is 0. The third-order valence-electron chi connectivity index (χ3n) is 0.381. The van der Waals surface area contributed by atoms with Gasteiger partial charge >= 0.3 is 0 Å². The fourth-order valence-corrected chi connectivity index (χ4v) is 0. The van der Waals surface area contributed by atoms with Crippen LogP contribution < -0.4 is 5.73 Å². The Hall–Kier alpha value is -0.240. The zero-order chi connectivity index (χ0) is 7.86. The Balaban J connectivity index is -0.0000000910. The number of amidine groups is 1. The highest BCUT2D eigenvalue weighted by Crippen LogP contribution is 1.81. The lowest BCUT2D eigenvalue weighted by Crippen LogP contribution is -2.05. The third kappa shape index (κ3) is 114. The maximum atomic E-state index is 6.52. The molecule has 0 heterocycles. The van der Waals surface area contributed by atoms with Crippen LogP contribution in [0, 0.1) is 11.3 Å². The van der Waals surface area contributed by atoms with Crippen LogP contribution in [-0.4, -0.2) is 5.84 Å². The Morgan fingerprint density at radius 1 is 1.40 bits per heavy atom. The molecule has 0 amide bonds. The van der Waals surface area contributed by atoms with E-state index in [0.717, 1.165) is 5.92 Å². The van der Waals surface area contributed by atoms with Crippen LogP contribution in [0.1, 0.15) is 34.1 Å². The van der Waals surface area contributed by atoms with Crippen molar-refractivity contribution in [3.8, 4) is 0 Å². The second-order valence-corrected chi connectivity index (χ2v) is 2.61. The van der Waals surface area contributed by atoms with Crippen LogP contribution >= 0.6 is 12.4 Å². The van der Waals surface area contributed by atoms with Crippen molar-refractivity contribution in [3.05, 3.63) is 0 Å². The van der Waals surface area contributed by atoms with Crippen LogP contribution in [0.5, 0.6) is 0 Å². The third-order valence-corrected chi connectivity index (χ3v) is 0.381. The van der Waals surface area contributed by atoms with Crippen molar-refractivity contribution in [1.82, 2.24) is 0 Å². The molecule has 0 aromatic rings. The highest BCUT2D eigenvalue weighted by atomic mass is 35.5. The second kappa shape index (κ2) is 11.5. The fraction of sp³-hybridized carbons (Fsp3) is 0.857. The van der Waals surface area contributed by atoms with E-state index >= 15 is 0 Å². The topological polar surface area (TPSA) is 49.9 Å². The molecule has 0 aromatic heterocycles. The quantitative estimate of drug-likeness (QED) is 0.456. The highest BCUT2D eigenvalue weighted by molar-refractivity contribution is 5.85. The Morgan fingerprint density at radius 3 is 1.50 bits per heavy atom. The Kier molecular flexibility index (Phi) is 18.9. The van der Waals surface area contributed by atoms with E-state index in [4.69, 9.17) is 11.1 Å². The van der Waals surface area contributed by atoms with Gasteiger partial charge < -0.3 is 5.73 Å². The number of nitrogens with one attached hydrogen (secondary N) is 1. The smallest absolute Gasteiger partial charge is 0.0902 e. The molecule has 10 heavy (non-hydrogen) atoms. The van der Waals surface area contributed by atoms with Crippen molar-refractivity contribution in [2.75, 3.05) is 0 Å². The van der Waals surface area contributed by atoms with E-state index in [0.29, 0.717) is 6.42 Å². The summed E-state index contributed by atoms with van der Waals surface area (Å²) >= 11 is 0. The van der Waals surface area contributed by atoms with E-state index in [-0.39, 0.29) is 18.2 Å². The maximum Gasteiger partial charge on any atom is 0.0902 e. The van der Waals surface area contributed by atoms with Crippen LogP contribution in [0.15, 0.2) is 0 Å². The van der Waals surface area contributed by atoms with Crippen molar-refractivity contribution in [2.45, 2.75) is 34.1 Å². The van der Waals surface area contributed by atoms with E-state index in [2.05, 4.69) is 20.8 Å². The molecule has 64 valence electrons. The second-order valence-electron chi connectivity index (χ2n) is 2.61. The number of hydrogen-bond acceptors (Lipinski definition) is 1. The number of halogens is 1. The molecule has 0 spiro atoms. The Bertz CT molecular complexity index is 69.3. The normalized spacial score (nSPS) is 7.30. The molecular weight excluding hydrogens is 148 g/mol. The first-order valence-electron chi connectivity index (χ1n) is 3.33. The van der Waals surface area contributed by atoms with E-state index in [9.17, 15) is 0 Å². The van der Waals surface area contributed by atoms with Gasteiger partial charge in [0.1, 0.15) is 0 Å². The van der Waals surface area contributed by atoms with E-state index in [1.807, 2.05) is 6.92 Å². The Morgan fingerprint density at radius 2 is 1.50 bits per heavy atom. The van der Waals surface area contributed by atoms with Gasteiger partial charge in [-0.25, -0.2) is 0 Å². The predicted octanol–water partition coefficient (Wildman–Crippen LogP) is 2.42. The summed E-state index contributed by atoms with van der Waals surface area (Å²) < 4.78 is 0. The molecule has 0 saturated carbocycles. The molecule has 0 atom stereocenters. The van der Waals surface area contributed by atoms with E-state index in [1.165, 1.54) is 0 Å². The summed E-state index contributed by atoms with van der Waals surface area (Å²) in [5, 5.41) is 6.52. The molecule has 0 radical (unpaired) electrons. The fourth-order valence-electron chi connectivity index (χ4n) is 0. The van der Waals surface area contributed by atoms with Crippen molar-refractivity contribution >= 4 is 18.2 Å². The average Bonchev–Trinajstić information content (AvgIpc) is 1.65. The molecule has 2 nitrogen and oxygen atoms in total. The summed E-state index contributed by atoms with van der Waals surface area (Å²) in [6, 6.07) is 0. The van der Waals surface area contributed by atoms with Crippen LogP contribution in [0.4, 0.5) is 0 Å². The lowest BCUT2D eigenvalue weighted by atomic mass is 10.3. The molecule has 3 heteroatoms. The van der Waals surface area contributed by atoms with Gasteiger partial charge in [-0.3, -0.25) is 5.41 Å². The van der Waals surface area contributed by atoms with Crippen LogP contribution in [-0.2, 0) is 0 Å². The van der Waals surface area contributed by atoms with Crippen molar-refractivity contribution < 1.29 is 0 Å². The van der Waals surface area contributed by atoms with E-state index in [1.54, 1.807) is 0 Å². The molecule has 0 rings (SSSR count). The monoisotopic (exact) mass is 166 g/mol. The summed E-state index contributed by atoms with van der Waals surface area (Å²) in [6.45, 7) is 8.35. The first kappa shape index (κ1) is 16.4. The van der Waals surface area contributed by atoms with Crippen molar-refractivity contribution in [2.24, 2.45) is 11.7 Å². The minimum Gasteiger partial charge on any atom is -0.388 e. The summed E-state index contributed by atoms with van der Waals surface area (Å²) in [5.74, 6) is 1.09. The lowest BCUT2D eigenvalue weighted by Gasteiger charge is -1.79. The van der Waals surface area contributed by atoms with Gasteiger partial charge in [-0.05, 0) is 5.92 Å². The van der Waals surface area contributed by atoms with Crippen molar-refractivity contribution in [3.63, 3.8) is 0 Å². The van der Waals surface area contributed by atoms with Crippen LogP contribution in [0.25, 0.3) is 0 Å². The lowest BCUT2D eigenvalue weighted by molar-refractivity contribution is 0.737. The summed E-state index contributed by atoms with van der Waals surface area (Å²) in [5.41, 5.74) is 4.88. The predicted molar refractivity (Wildman–Crippen MR) is 50.0 cm³/mol. The van der Waals surface area contributed by atoms with Gasteiger partial charge in [-0.2, -0.15) is 0 Å². The van der Waals surface area contributed by atoms with Crippen LogP contribution in [0.3, 0.4) is 0 Å². The number of hydrogen-bond donors (Lipinski definition) is 2. The molecule has 0 saturated heterocycles. The minimum absolute atomic E-state index is 0. The summed E-state index contributed by atoms with van der Waals surface area (Å²) in [4.78, 5) is 0. The SMILES string of the molecule is CC(C)C.CCC(=N)N.Cl. The average molecular weight is 167 g/mol. The zero-order valence-electron chi connectivity index (χ0n) is 7.27. The highest BCUT2D eigenvalue weighted by Gasteiger charge is 1.70. The van der Waals surface area contributed by atoms with Gasteiger partial charge in [0.25, 0.3) is 0 Å².